The van der Waals surface area contributed by atoms with Crippen LogP contribution in [0, 0.1) is 0 Å². The quantitative estimate of drug-likeness (QED) is 0.411. The van der Waals surface area contributed by atoms with Gasteiger partial charge in [-0.1, -0.05) is 47.6 Å². The second kappa shape index (κ2) is 7.70. The number of halogens is 4. The Hall–Kier alpha value is -2.55. The third kappa shape index (κ3) is 4.10. The van der Waals surface area contributed by atoms with Crippen LogP contribution < -0.4 is 0 Å². The van der Waals surface area contributed by atoms with E-state index in [0.29, 0.717) is 27.0 Å². The van der Waals surface area contributed by atoms with Crippen molar-refractivity contribution < 1.29 is 18.3 Å². The van der Waals surface area contributed by atoms with Crippen molar-refractivity contribution in [2.24, 2.45) is 0 Å². The van der Waals surface area contributed by atoms with E-state index >= 15 is 0 Å². The van der Waals surface area contributed by atoms with Gasteiger partial charge >= 0.3 is 6.18 Å². The smallest absolute Gasteiger partial charge is 0.379 e. The van der Waals surface area contributed by atoms with Crippen LogP contribution in [-0.4, -0.2) is 26.2 Å². The van der Waals surface area contributed by atoms with Gasteiger partial charge in [-0.25, -0.2) is 9.97 Å². The highest BCUT2D eigenvalue weighted by atomic mass is 35.5. The summed E-state index contributed by atoms with van der Waals surface area (Å²) in [6, 6.07) is 12.8. The zero-order chi connectivity index (χ0) is 20.6. The molecule has 4 aromatic rings. The SMILES string of the molecule is OC(c1ccc(-c2[nH]c3ncccc3c2Sc2ccc(Cl)cn2)cc1)C(F)(F)F. The largest absolute Gasteiger partial charge is 0.418 e. The van der Waals surface area contributed by atoms with E-state index in [1.54, 1.807) is 24.5 Å². The maximum Gasteiger partial charge on any atom is 0.418 e. The molecule has 0 saturated heterocycles. The summed E-state index contributed by atoms with van der Waals surface area (Å²) in [7, 11) is 0. The van der Waals surface area contributed by atoms with E-state index in [2.05, 4.69) is 15.0 Å². The number of hydrogen-bond donors (Lipinski definition) is 2. The fourth-order valence-corrected chi connectivity index (χ4v) is 3.96. The summed E-state index contributed by atoms with van der Waals surface area (Å²) < 4.78 is 38.2. The predicted octanol–water partition coefficient (Wildman–Crippen LogP) is 6.03. The summed E-state index contributed by atoms with van der Waals surface area (Å²) in [4.78, 5) is 12.7. The summed E-state index contributed by atoms with van der Waals surface area (Å²) in [6.45, 7) is 0. The van der Waals surface area contributed by atoms with E-state index < -0.39 is 12.3 Å². The molecule has 148 valence electrons. The molecule has 0 aliphatic rings. The third-order valence-corrected chi connectivity index (χ3v) is 5.56. The average molecular weight is 436 g/mol. The molecule has 1 unspecified atom stereocenters. The zero-order valence-electron chi connectivity index (χ0n) is 14.6. The predicted molar refractivity (Wildman–Crippen MR) is 106 cm³/mol. The Morgan fingerprint density at radius 3 is 2.45 bits per heavy atom. The highest BCUT2D eigenvalue weighted by Gasteiger charge is 2.39. The lowest BCUT2D eigenvalue weighted by Gasteiger charge is -2.15. The minimum atomic E-state index is -4.71. The Kier molecular flexibility index (Phi) is 5.24. The molecule has 2 N–H and O–H groups in total. The molecule has 4 nitrogen and oxygen atoms in total. The molecule has 3 heterocycles. The first-order valence-electron chi connectivity index (χ1n) is 8.44. The number of aromatic nitrogens is 3. The van der Waals surface area contributed by atoms with Crippen molar-refractivity contribution in [2.45, 2.75) is 22.2 Å². The lowest BCUT2D eigenvalue weighted by atomic mass is 10.0. The fraction of sp³-hybridized carbons (Fsp3) is 0.100. The first-order chi connectivity index (χ1) is 13.8. The minimum Gasteiger partial charge on any atom is -0.379 e. The third-order valence-electron chi connectivity index (χ3n) is 4.25. The van der Waals surface area contributed by atoms with Crippen LogP contribution in [0.3, 0.4) is 0 Å². The molecule has 0 fully saturated rings. The number of rotatable bonds is 4. The van der Waals surface area contributed by atoms with Crippen molar-refractivity contribution in [1.82, 2.24) is 15.0 Å². The number of nitrogens with one attached hydrogen (secondary N) is 1. The lowest BCUT2D eigenvalue weighted by molar-refractivity contribution is -0.206. The molecule has 0 saturated carbocycles. The molecule has 0 amide bonds. The van der Waals surface area contributed by atoms with Crippen LogP contribution >= 0.6 is 23.4 Å². The lowest BCUT2D eigenvalue weighted by Crippen LogP contribution is -2.19. The van der Waals surface area contributed by atoms with Crippen LogP contribution in [0.1, 0.15) is 11.7 Å². The Morgan fingerprint density at radius 1 is 1.03 bits per heavy atom. The highest BCUT2D eigenvalue weighted by molar-refractivity contribution is 7.99. The number of pyridine rings is 2. The van der Waals surface area contributed by atoms with Crippen molar-refractivity contribution in [3.8, 4) is 11.3 Å². The number of aliphatic hydroxyl groups excluding tert-OH is 1. The van der Waals surface area contributed by atoms with Crippen molar-refractivity contribution in [3.05, 3.63) is 71.5 Å². The highest BCUT2D eigenvalue weighted by Crippen LogP contribution is 2.41. The second-order valence-corrected chi connectivity index (χ2v) is 7.68. The van der Waals surface area contributed by atoms with Crippen LogP contribution in [0.4, 0.5) is 13.2 Å². The van der Waals surface area contributed by atoms with Crippen molar-refractivity contribution in [3.63, 3.8) is 0 Å². The number of aromatic amines is 1. The van der Waals surface area contributed by atoms with Gasteiger partial charge in [0.15, 0.2) is 6.10 Å². The summed E-state index contributed by atoms with van der Waals surface area (Å²) in [6.07, 6.45) is -4.04. The zero-order valence-corrected chi connectivity index (χ0v) is 16.2. The van der Waals surface area contributed by atoms with Gasteiger partial charge in [-0.05, 0) is 35.4 Å². The molecular formula is C20H13ClF3N3OS. The van der Waals surface area contributed by atoms with Crippen molar-refractivity contribution in [1.29, 1.82) is 0 Å². The number of fused-ring (bicyclic) bond motifs is 1. The molecule has 0 aliphatic carbocycles. The molecule has 0 spiro atoms. The molecule has 1 aromatic carbocycles. The van der Waals surface area contributed by atoms with E-state index in [0.717, 1.165) is 10.3 Å². The fourth-order valence-electron chi connectivity index (χ4n) is 2.86. The van der Waals surface area contributed by atoms with Gasteiger partial charge in [-0.15, -0.1) is 0 Å². The molecule has 0 bridgehead atoms. The summed E-state index contributed by atoms with van der Waals surface area (Å²) in [5.41, 5.74) is 1.80. The second-order valence-electron chi connectivity index (χ2n) is 6.21. The first kappa shape index (κ1) is 19.8. The molecule has 0 aliphatic heterocycles. The van der Waals surface area contributed by atoms with Gasteiger partial charge in [0.25, 0.3) is 0 Å². The van der Waals surface area contributed by atoms with Crippen LogP contribution in [0.5, 0.6) is 0 Å². The van der Waals surface area contributed by atoms with Gasteiger partial charge in [-0.3, -0.25) is 0 Å². The Labute approximate surface area is 172 Å². The van der Waals surface area contributed by atoms with Gasteiger partial charge in [0.05, 0.1) is 10.7 Å². The maximum absolute atomic E-state index is 12.7. The number of benzene rings is 1. The van der Waals surface area contributed by atoms with Gasteiger partial charge in [0.1, 0.15) is 10.7 Å². The van der Waals surface area contributed by atoms with Crippen LogP contribution in [-0.2, 0) is 0 Å². The normalized spacial score (nSPS) is 13.0. The molecule has 4 rings (SSSR count). The molecule has 3 aromatic heterocycles. The van der Waals surface area contributed by atoms with Crippen LogP contribution in [0.15, 0.2) is 70.8 Å². The molecule has 0 radical (unpaired) electrons. The first-order valence-corrected chi connectivity index (χ1v) is 9.63. The molecule has 9 heteroatoms. The number of nitrogens with zero attached hydrogens (tertiary/aromatic N) is 2. The summed E-state index contributed by atoms with van der Waals surface area (Å²) in [5, 5.41) is 11.5. The van der Waals surface area contributed by atoms with E-state index in [-0.39, 0.29) is 5.56 Å². The Bertz CT molecular complexity index is 1140. The van der Waals surface area contributed by atoms with Gasteiger partial charge in [0.2, 0.25) is 0 Å². The number of H-pyrrole nitrogens is 1. The standard InChI is InChI=1S/C20H13ClF3N3OS/c21-13-7-8-15(26-10-13)29-17-14-2-1-9-25-19(14)27-16(17)11-3-5-12(6-4-11)18(28)20(22,23)24/h1-10,18,28H,(H,25,27). The van der Waals surface area contributed by atoms with E-state index in [9.17, 15) is 18.3 Å². The van der Waals surface area contributed by atoms with Crippen molar-refractivity contribution >= 4 is 34.4 Å². The van der Waals surface area contributed by atoms with E-state index in [1.165, 1.54) is 36.0 Å². The Morgan fingerprint density at radius 2 is 1.79 bits per heavy atom. The van der Waals surface area contributed by atoms with Gasteiger partial charge < -0.3 is 10.1 Å². The maximum atomic E-state index is 12.7. The van der Waals surface area contributed by atoms with Gasteiger partial charge in [-0.2, -0.15) is 13.2 Å². The van der Waals surface area contributed by atoms with Crippen LogP contribution in [0.25, 0.3) is 22.3 Å². The summed E-state index contributed by atoms with van der Waals surface area (Å²) >= 11 is 7.30. The number of aliphatic hydroxyl groups is 1. The average Bonchev–Trinajstić information content (AvgIpc) is 3.07. The van der Waals surface area contributed by atoms with E-state index in [1.807, 2.05) is 12.1 Å². The Balaban J connectivity index is 1.76. The number of alkyl halides is 3. The molecular weight excluding hydrogens is 423 g/mol. The van der Waals surface area contributed by atoms with Crippen LogP contribution in [0.2, 0.25) is 5.02 Å². The van der Waals surface area contributed by atoms with Gasteiger partial charge in [0, 0.05) is 22.7 Å². The topological polar surface area (TPSA) is 61.8 Å². The van der Waals surface area contributed by atoms with E-state index in [4.69, 9.17) is 11.6 Å². The molecule has 29 heavy (non-hydrogen) atoms. The molecule has 1 atom stereocenters. The monoisotopic (exact) mass is 435 g/mol. The minimum absolute atomic E-state index is 0.218. The summed E-state index contributed by atoms with van der Waals surface area (Å²) in [5.74, 6) is 0. The number of hydrogen-bond acceptors (Lipinski definition) is 4. The van der Waals surface area contributed by atoms with Crippen molar-refractivity contribution in [2.75, 3.05) is 0 Å².